The van der Waals surface area contributed by atoms with E-state index in [4.69, 9.17) is 4.74 Å². The van der Waals surface area contributed by atoms with Crippen molar-refractivity contribution in [1.29, 1.82) is 0 Å². The Bertz CT molecular complexity index is 486. The highest BCUT2D eigenvalue weighted by molar-refractivity contribution is 5.73. The predicted molar refractivity (Wildman–Crippen MR) is 91.9 cm³/mol. The molecule has 4 aliphatic carbocycles. The molecule has 130 valence electrons. The minimum Gasteiger partial charge on any atom is -0.469 e. The first-order valence-corrected chi connectivity index (χ1v) is 10.1. The lowest BCUT2D eigenvalue weighted by Gasteiger charge is -2.60. The van der Waals surface area contributed by atoms with Crippen molar-refractivity contribution in [1.82, 2.24) is 0 Å². The second-order valence-electron chi connectivity index (χ2n) is 9.60. The Labute approximate surface area is 141 Å². The summed E-state index contributed by atoms with van der Waals surface area (Å²) >= 11 is 0. The van der Waals surface area contributed by atoms with Crippen LogP contribution in [0.5, 0.6) is 0 Å². The predicted octanol–water partition coefficient (Wildman–Crippen LogP) is 5.21. The first-order valence-electron chi connectivity index (χ1n) is 10.1. The van der Waals surface area contributed by atoms with Crippen LogP contribution in [0.25, 0.3) is 0 Å². The van der Waals surface area contributed by atoms with Crippen LogP contribution < -0.4 is 0 Å². The van der Waals surface area contributed by atoms with Gasteiger partial charge in [0, 0.05) is 0 Å². The number of hydrogen-bond acceptors (Lipinski definition) is 2. The molecule has 0 amide bonds. The summed E-state index contributed by atoms with van der Waals surface area (Å²) in [5.41, 5.74) is 0.817. The van der Waals surface area contributed by atoms with Crippen molar-refractivity contribution in [3.63, 3.8) is 0 Å². The molecule has 1 unspecified atom stereocenters. The standard InChI is InChI=1S/C21H34O2/c1-20-12-5-4-6-14(20)7-8-15-16-9-10-18(19(22)23-3)21(16,2)13-11-17(15)20/h14-18H,4-13H2,1-3H3/t14-,15-,16-,17-,18?,20-,21-/m0/s1. The largest absolute Gasteiger partial charge is 0.469 e. The number of esters is 1. The highest BCUT2D eigenvalue weighted by Crippen LogP contribution is 2.67. The Morgan fingerprint density at radius 1 is 0.870 bits per heavy atom. The minimum atomic E-state index is 0.0611. The molecule has 0 heterocycles. The molecule has 0 aromatic heterocycles. The van der Waals surface area contributed by atoms with E-state index >= 15 is 0 Å². The molecule has 4 rings (SSSR count). The van der Waals surface area contributed by atoms with Crippen LogP contribution in [-0.4, -0.2) is 13.1 Å². The monoisotopic (exact) mass is 318 g/mol. The molecular weight excluding hydrogens is 284 g/mol. The molecule has 0 saturated heterocycles. The molecule has 2 heteroatoms. The molecule has 0 bridgehead atoms. The van der Waals surface area contributed by atoms with Gasteiger partial charge in [0.05, 0.1) is 13.0 Å². The second kappa shape index (κ2) is 5.49. The third-order valence-electron chi connectivity index (χ3n) is 9.07. The van der Waals surface area contributed by atoms with E-state index < -0.39 is 0 Å². The van der Waals surface area contributed by atoms with E-state index in [-0.39, 0.29) is 17.3 Å². The van der Waals surface area contributed by atoms with E-state index in [0.29, 0.717) is 5.41 Å². The van der Waals surface area contributed by atoms with Crippen LogP contribution in [0.3, 0.4) is 0 Å². The van der Waals surface area contributed by atoms with Crippen molar-refractivity contribution >= 4 is 5.97 Å². The number of methoxy groups -OCH3 is 1. The van der Waals surface area contributed by atoms with E-state index in [1.807, 2.05) is 0 Å². The zero-order valence-electron chi connectivity index (χ0n) is 15.3. The molecule has 4 aliphatic rings. The summed E-state index contributed by atoms with van der Waals surface area (Å²) in [6.07, 6.45) is 13.7. The lowest BCUT2D eigenvalue weighted by atomic mass is 9.45. The molecule has 0 radical (unpaired) electrons. The van der Waals surface area contributed by atoms with Crippen molar-refractivity contribution in [2.75, 3.05) is 7.11 Å². The molecule has 4 saturated carbocycles. The van der Waals surface area contributed by atoms with E-state index in [1.54, 1.807) is 7.11 Å². The summed E-state index contributed by atoms with van der Waals surface area (Å²) < 4.78 is 5.15. The third-order valence-corrected chi connectivity index (χ3v) is 9.07. The highest BCUT2D eigenvalue weighted by atomic mass is 16.5. The van der Waals surface area contributed by atoms with Gasteiger partial charge in [-0.25, -0.2) is 0 Å². The van der Waals surface area contributed by atoms with Crippen LogP contribution in [-0.2, 0) is 9.53 Å². The van der Waals surface area contributed by atoms with Crippen LogP contribution >= 0.6 is 0 Å². The normalized spacial score (nSPS) is 52.2. The summed E-state index contributed by atoms with van der Waals surface area (Å²) in [6.45, 7) is 5.04. The van der Waals surface area contributed by atoms with E-state index in [0.717, 1.165) is 30.1 Å². The smallest absolute Gasteiger partial charge is 0.309 e. The van der Waals surface area contributed by atoms with Gasteiger partial charge in [0.15, 0.2) is 0 Å². The Kier molecular flexibility index (Phi) is 3.81. The fraction of sp³-hybridized carbons (Fsp3) is 0.952. The maximum Gasteiger partial charge on any atom is 0.309 e. The SMILES string of the molecule is COC(=O)C1CC[C@H]2[C@@H]3CC[C@@H]4CCCC[C@]4(C)[C@H]3CC[C@]12C. The average molecular weight is 319 g/mol. The summed E-state index contributed by atoms with van der Waals surface area (Å²) in [4.78, 5) is 12.3. The van der Waals surface area contributed by atoms with Crippen molar-refractivity contribution in [3.8, 4) is 0 Å². The number of hydrogen-bond donors (Lipinski definition) is 0. The van der Waals surface area contributed by atoms with Gasteiger partial charge in [0.1, 0.15) is 0 Å². The minimum absolute atomic E-state index is 0.0611. The zero-order chi connectivity index (χ0) is 16.2. The van der Waals surface area contributed by atoms with Gasteiger partial charge in [-0.15, -0.1) is 0 Å². The van der Waals surface area contributed by atoms with Crippen molar-refractivity contribution in [2.24, 2.45) is 40.4 Å². The number of carbonyl (C=O) groups is 1. The number of ether oxygens (including phenoxy) is 1. The molecule has 7 atom stereocenters. The molecule has 2 nitrogen and oxygen atoms in total. The molecule has 0 N–H and O–H groups in total. The van der Waals surface area contributed by atoms with Gasteiger partial charge in [-0.2, -0.15) is 0 Å². The van der Waals surface area contributed by atoms with Gasteiger partial charge in [-0.3, -0.25) is 4.79 Å². The van der Waals surface area contributed by atoms with Crippen molar-refractivity contribution in [3.05, 3.63) is 0 Å². The summed E-state index contributed by atoms with van der Waals surface area (Å²) in [5, 5.41) is 0. The molecular formula is C21H34O2. The van der Waals surface area contributed by atoms with E-state index in [1.165, 1.54) is 57.8 Å². The summed E-state index contributed by atoms with van der Waals surface area (Å²) in [7, 11) is 1.57. The first-order chi connectivity index (χ1) is 11.0. The van der Waals surface area contributed by atoms with Gasteiger partial charge in [-0.1, -0.05) is 26.7 Å². The lowest BCUT2D eigenvalue weighted by molar-refractivity contribution is -0.155. The maximum atomic E-state index is 12.3. The van der Waals surface area contributed by atoms with Gasteiger partial charge in [-0.05, 0) is 85.9 Å². The molecule has 0 spiro atoms. The maximum absolute atomic E-state index is 12.3. The van der Waals surface area contributed by atoms with Crippen molar-refractivity contribution < 1.29 is 9.53 Å². The first kappa shape index (κ1) is 16.0. The van der Waals surface area contributed by atoms with Crippen LogP contribution in [0.2, 0.25) is 0 Å². The molecule has 0 aromatic carbocycles. The molecule has 0 aliphatic heterocycles. The Balaban J connectivity index is 1.61. The highest BCUT2D eigenvalue weighted by Gasteiger charge is 2.61. The Morgan fingerprint density at radius 3 is 2.43 bits per heavy atom. The molecule has 0 aromatic rings. The second-order valence-corrected chi connectivity index (χ2v) is 9.60. The molecule has 4 fully saturated rings. The number of fused-ring (bicyclic) bond motifs is 5. The Hall–Kier alpha value is -0.530. The van der Waals surface area contributed by atoms with E-state index in [9.17, 15) is 4.79 Å². The van der Waals surface area contributed by atoms with Crippen LogP contribution in [0, 0.1) is 40.4 Å². The quantitative estimate of drug-likeness (QED) is 0.620. The van der Waals surface area contributed by atoms with Crippen LogP contribution in [0.15, 0.2) is 0 Å². The number of carbonyl (C=O) groups excluding carboxylic acids is 1. The zero-order valence-corrected chi connectivity index (χ0v) is 15.3. The van der Waals surface area contributed by atoms with E-state index in [2.05, 4.69) is 13.8 Å². The van der Waals surface area contributed by atoms with Gasteiger partial charge in [0.2, 0.25) is 0 Å². The third kappa shape index (κ3) is 2.15. The van der Waals surface area contributed by atoms with Crippen LogP contribution in [0.4, 0.5) is 0 Å². The van der Waals surface area contributed by atoms with Gasteiger partial charge < -0.3 is 4.74 Å². The summed E-state index contributed by atoms with van der Waals surface area (Å²) in [6, 6.07) is 0. The fourth-order valence-electron chi connectivity index (χ4n) is 7.82. The van der Waals surface area contributed by atoms with Gasteiger partial charge in [0.25, 0.3) is 0 Å². The Morgan fingerprint density at radius 2 is 1.65 bits per heavy atom. The van der Waals surface area contributed by atoms with Crippen LogP contribution in [0.1, 0.15) is 78.1 Å². The lowest BCUT2D eigenvalue weighted by Crippen LogP contribution is -2.53. The summed E-state index contributed by atoms with van der Waals surface area (Å²) in [5.74, 6) is 3.78. The average Bonchev–Trinajstić information content (AvgIpc) is 2.91. The van der Waals surface area contributed by atoms with Gasteiger partial charge >= 0.3 is 5.97 Å². The number of rotatable bonds is 1. The van der Waals surface area contributed by atoms with Crippen molar-refractivity contribution in [2.45, 2.75) is 78.1 Å². The topological polar surface area (TPSA) is 26.3 Å². The molecule has 23 heavy (non-hydrogen) atoms. The fourth-order valence-corrected chi connectivity index (χ4v) is 7.82.